The van der Waals surface area contributed by atoms with E-state index in [1.807, 2.05) is 0 Å². The fourth-order valence-electron chi connectivity index (χ4n) is 1.69. The van der Waals surface area contributed by atoms with Crippen LogP contribution in [0.15, 0.2) is 58.5 Å². The van der Waals surface area contributed by atoms with Crippen molar-refractivity contribution in [2.75, 3.05) is 7.11 Å². The van der Waals surface area contributed by atoms with Crippen molar-refractivity contribution < 1.29 is 17.5 Å². The summed E-state index contributed by atoms with van der Waals surface area (Å²) in [6.07, 6.45) is 0. The van der Waals surface area contributed by atoms with Gasteiger partial charge in [-0.15, -0.1) is 0 Å². The number of nitrogens with zero attached hydrogens (tertiary/aromatic N) is 1. The van der Waals surface area contributed by atoms with Gasteiger partial charge in [0.25, 0.3) is 10.0 Å². The Morgan fingerprint density at radius 1 is 1.09 bits per heavy atom. The van der Waals surface area contributed by atoms with E-state index in [2.05, 4.69) is 9.93 Å². The molecule has 0 atom stereocenters. The third-order valence-corrected chi connectivity index (χ3v) is 4.19. The van der Waals surface area contributed by atoms with Crippen molar-refractivity contribution in [1.82, 2.24) is 4.83 Å². The van der Waals surface area contributed by atoms with Crippen LogP contribution < -0.4 is 9.57 Å². The number of benzene rings is 2. The van der Waals surface area contributed by atoms with Crippen LogP contribution in [0.2, 0.25) is 0 Å². The smallest absolute Gasteiger partial charge is 0.276 e. The lowest BCUT2D eigenvalue weighted by atomic mass is 10.1. The normalized spacial score (nSPS) is 12.0. The predicted octanol–water partition coefficient (Wildman–Crippen LogP) is 2.54. The Hall–Kier alpha value is -2.41. The summed E-state index contributed by atoms with van der Waals surface area (Å²) in [6.45, 7) is 1.63. The molecule has 0 heterocycles. The van der Waals surface area contributed by atoms with Crippen LogP contribution in [0.3, 0.4) is 0 Å². The van der Waals surface area contributed by atoms with Gasteiger partial charge in [0.1, 0.15) is 11.6 Å². The minimum absolute atomic E-state index is 0.0731. The number of methoxy groups -OCH3 is 1. The van der Waals surface area contributed by atoms with Crippen LogP contribution in [0, 0.1) is 5.82 Å². The van der Waals surface area contributed by atoms with Gasteiger partial charge in [-0.3, -0.25) is 0 Å². The second-order valence-electron chi connectivity index (χ2n) is 4.47. The molecule has 0 aromatic heterocycles. The zero-order valence-electron chi connectivity index (χ0n) is 12.1. The highest BCUT2D eigenvalue weighted by atomic mass is 32.2. The quantitative estimate of drug-likeness (QED) is 0.679. The Bertz CT molecular complexity index is 769. The molecule has 2 aromatic rings. The molecule has 0 saturated heterocycles. The molecule has 0 unspecified atom stereocenters. The van der Waals surface area contributed by atoms with Crippen LogP contribution in [-0.4, -0.2) is 21.2 Å². The SMILES string of the molecule is COc1ccc(S(=O)(=O)NN=C(C)c2ccc(F)cc2)cc1. The summed E-state index contributed by atoms with van der Waals surface area (Å²) in [7, 11) is -2.27. The average molecular weight is 322 g/mol. The van der Waals surface area contributed by atoms with Gasteiger partial charge in [0.15, 0.2) is 0 Å². The van der Waals surface area contributed by atoms with E-state index in [0.717, 1.165) is 0 Å². The van der Waals surface area contributed by atoms with E-state index in [4.69, 9.17) is 4.74 Å². The number of ether oxygens (including phenoxy) is 1. The first-order valence-corrected chi connectivity index (χ1v) is 7.87. The minimum Gasteiger partial charge on any atom is -0.497 e. The Balaban J connectivity index is 2.17. The molecule has 0 fully saturated rings. The van der Waals surface area contributed by atoms with Crippen LogP contribution in [0.4, 0.5) is 4.39 Å². The Kier molecular flexibility index (Phi) is 4.77. The third kappa shape index (κ3) is 3.82. The van der Waals surface area contributed by atoms with Crippen molar-refractivity contribution in [2.45, 2.75) is 11.8 Å². The summed E-state index contributed by atoms with van der Waals surface area (Å²) in [6, 6.07) is 11.5. The third-order valence-electron chi connectivity index (χ3n) is 2.97. The number of sulfonamides is 1. The van der Waals surface area contributed by atoms with Crippen LogP contribution in [0.25, 0.3) is 0 Å². The number of halogens is 1. The van der Waals surface area contributed by atoms with Crippen LogP contribution in [-0.2, 0) is 10.0 Å². The number of hydrogen-bond acceptors (Lipinski definition) is 4. The first kappa shape index (κ1) is 16.0. The largest absolute Gasteiger partial charge is 0.497 e. The number of nitrogens with one attached hydrogen (secondary N) is 1. The molecule has 1 N–H and O–H groups in total. The summed E-state index contributed by atoms with van der Waals surface area (Å²) >= 11 is 0. The predicted molar refractivity (Wildman–Crippen MR) is 81.9 cm³/mol. The molecule has 0 aliphatic heterocycles. The number of hydrazone groups is 1. The van der Waals surface area contributed by atoms with E-state index in [1.54, 1.807) is 19.1 Å². The molecule has 0 amide bonds. The van der Waals surface area contributed by atoms with E-state index in [9.17, 15) is 12.8 Å². The molecule has 116 valence electrons. The first-order chi connectivity index (χ1) is 10.4. The Labute approximate surface area is 128 Å². The molecular weight excluding hydrogens is 307 g/mol. The molecule has 0 bridgehead atoms. The van der Waals surface area contributed by atoms with Crippen molar-refractivity contribution in [3.63, 3.8) is 0 Å². The summed E-state index contributed by atoms with van der Waals surface area (Å²) in [4.78, 5) is 2.22. The zero-order valence-corrected chi connectivity index (χ0v) is 12.9. The maximum atomic E-state index is 12.8. The Morgan fingerprint density at radius 2 is 1.68 bits per heavy atom. The van der Waals surface area contributed by atoms with Crippen LogP contribution in [0.5, 0.6) is 5.75 Å². The molecule has 0 aliphatic rings. The highest BCUT2D eigenvalue weighted by Crippen LogP contribution is 2.15. The minimum atomic E-state index is -3.76. The lowest BCUT2D eigenvalue weighted by Crippen LogP contribution is -2.19. The maximum absolute atomic E-state index is 12.8. The van der Waals surface area contributed by atoms with Crippen molar-refractivity contribution in [2.24, 2.45) is 5.10 Å². The van der Waals surface area contributed by atoms with Gasteiger partial charge in [-0.05, 0) is 48.9 Å². The maximum Gasteiger partial charge on any atom is 0.276 e. The lowest BCUT2D eigenvalue weighted by Gasteiger charge is -2.06. The van der Waals surface area contributed by atoms with Gasteiger partial charge in [0, 0.05) is 0 Å². The highest BCUT2D eigenvalue weighted by molar-refractivity contribution is 7.89. The van der Waals surface area contributed by atoms with Gasteiger partial charge in [-0.2, -0.15) is 18.4 Å². The molecule has 22 heavy (non-hydrogen) atoms. The average Bonchev–Trinajstić information content (AvgIpc) is 2.53. The van der Waals surface area contributed by atoms with Crippen LogP contribution in [0.1, 0.15) is 12.5 Å². The fraction of sp³-hybridized carbons (Fsp3) is 0.133. The molecule has 2 rings (SSSR count). The van der Waals surface area contributed by atoms with Crippen molar-refractivity contribution >= 4 is 15.7 Å². The van der Waals surface area contributed by atoms with E-state index < -0.39 is 10.0 Å². The topological polar surface area (TPSA) is 67.8 Å². The summed E-state index contributed by atoms with van der Waals surface area (Å²) in [5, 5.41) is 3.84. The van der Waals surface area contributed by atoms with E-state index in [-0.39, 0.29) is 10.7 Å². The first-order valence-electron chi connectivity index (χ1n) is 6.38. The lowest BCUT2D eigenvalue weighted by molar-refractivity contribution is 0.414. The molecular formula is C15H15FN2O3S. The monoisotopic (exact) mass is 322 g/mol. The number of hydrogen-bond donors (Lipinski definition) is 1. The molecule has 0 aliphatic carbocycles. The summed E-state index contributed by atoms with van der Waals surface area (Å²) < 4.78 is 42.0. The number of rotatable bonds is 5. The van der Waals surface area contributed by atoms with Crippen molar-refractivity contribution in [3.05, 3.63) is 59.9 Å². The summed E-state index contributed by atoms with van der Waals surface area (Å²) in [5.41, 5.74) is 1.05. The standard InChI is InChI=1S/C15H15FN2O3S/c1-11(12-3-5-13(16)6-4-12)17-18-22(19,20)15-9-7-14(21-2)8-10-15/h3-10,18H,1-2H3. The van der Waals surface area contributed by atoms with Crippen LogP contribution >= 0.6 is 0 Å². The Morgan fingerprint density at radius 3 is 2.23 bits per heavy atom. The summed E-state index contributed by atoms with van der Waals surface area (Å²) in [5.74, 6) is 0.195. The molecule has 7 heteroatoms. The molecule has 0 saturated carbocycles. The van der Waals surface area contributed by atoms with Crippen molar-refractivity contribution in [3.8, 4) is 5.75 Å². The van der Waals surface area contributed by atoms with Gasteiger partial charge in [-0.25, -0.2) is 4.39 Å². The molecule has 2 aromatic carbocycles. The van der Waals surface area contributed by atoms with Gasteiger partial charge in [0.2, 0.25) is 0 Å². The van der Waals surface area contributed by atoms with E-state index in [1.165, 1.54) is 43.5 Å². The second-order valence-corrected chi connectivity index (χ2v) is 6.14. The van der Waals surface area contributed by atoms with E-state index in [0.29, 0.717) is 17.0 Å². The van der Waals surface area contributed by atoms with Crippen molar-refractivity contribution in [1.29, 1.82) is 0 Å². The zero-order chi connectivity index (χ0) is 16.2. The molecule has 0 radical (unpaired) electrons. The van der Waals surface area contributed by atoms with Gasteiger partial charge < -0.3 is 4.74 Å². The highest BCUT2D eigenvalue weighted by Gasteiger charge is 2.13. The van der Waals surface area contributed by atoms with Gasteiger partial charge in [-0.1, -0.05) is 12.1 Å². The molecule has 5 nitrogen and oxygen atoms in total. The van der Waals surface area contributed by atoms with Gasteiger partial charge in [0.05, 0.1) is 17.7 Å². The molecule has 0 spiro atoms. The fourth-order valence-corrected chi connectivity index (χ4v) is 2.55. The van der Waals surface area contributed by atoms with E-state index >= 15 is 0 Å². The second kappa shape index (κ2) is 6.57. The van der Waals surface area contributed by atoms with Gasteiger partial charge >= 0.3 is 0 Å².